The van der Waals surface area contributed by atoms with E-state index in [9.17, 15) is 13.2 Å². The van der Waals surface area contributed by atoms with Crippen molar-refractivity contribution in [3.63, 3.8) is 0 Å². The Labute approximate surface area is 148 Å². The standard InChI is InChI=1S/C17H16N2O4S2/c1-19-14-9-8-13(25(2,21)22)10-15(14)24-17(19)18-16(20)11-23-12-6-4-3-5-7-12/h3-10H,11H2,1-2H3. The van der Waals surface area contributed by atoms with E-state index in [-0.39, 0.29) is 11.5 Å². The maximum absolute atomic E-state index is 12.0. The Morgan fingerprint density at radius 1 is 1.20 bits per heavy atom. The number of carbonyl (C=O) groups is 1. The molecule has 2 aromatic carbocycles. The first-order valence-electron chi connectivity index (χ1n) is 7.39. The fourth-order valence-electron chi connectivity index (χ4n) is 2.25. The monoisotopic (exact) mass is 376 g/mol. The van der Waals surface area contributed by atoms with E-state index in [1.54, 1.807) is 41.9 Å². The zero-order valence-corrected chi connectivity index (χ0v) is 15.3. The minimum Gasteiger partial charge on any atom is -0.484 e. The number of sulfone groups is 1. The summed E-state index contributed by atoms with van der Waals surface area (Å²) in [5.74, 6) is 0.193. The Hall–Kier alpha value is -2.45. The van der Waals surface area contributed by atoms with Gasteiger partial charge in [-0.1, -0.05) is 29.5 Å². The van der Waals surface area contributed by atoms with Gasteiger partial charge in [-0.2, -0.15) is 4.99 Å². The van der Waals surface area contributed by atoms with Gasteiger partial charge >= 0.3 is 0 Å². The lowest BCUT2D eigenvalue weighted by Gasteiger charge is -2.02. The lowest BCUT2D eigenvalue weighted by Crippen LogP contribution is -2.17. The van der Waals surface area contributed by atoms with Gasteiger partial charge in [0.2, 0.25) is 0 Å². The number of rotatable bonds is 4. The quantitative estimate of drug-likeness (QED) is 0.699. The molecule has 1 amide bonds. The summed E-state index contributed by atoms with van der Waals surface area (Å²) in [7, 11) is -1.50. The van der Waals surface area contributed by atoms with E-state index in [1.807, 2.05) is 18.2 Å². The molecule has 0 spiro atoms. The summed E-state index contributed by atoms with van der Waals surface area (Å²) in [4.78, 5) is 16.8. The number of para-hydroxylation sites is 1. The van der Waals surface area contributed by atoms with Crippen molar-refractivity contribution in [2.75, 3.05) is 12.9 Å². The van der Waals surface area contributed by atoms with Crippen molar-refractivity contribution >= 4 is 37.3 Å². The van der Waals surface area contributed by atoms with Gasteiger partial charge < -0.3 is 9.30 Å². The minimum absolute atomic E-state index is 0.160. The molecule has 130 valence electrons. The van der Waals surface area contributed by atoms with Gasteiger partial charge in [0.1, 0.15) is 5.75 Å². The zero-order chi connectivity index (χ0) is 18.0. The topological polar surface area (TPSA) is 77.7 Å². The molecule has 0 atom stereocenters. The second kappa shape index (κ2) is 6.81. The number of carbonyl (C=O) groups excluding carboxylic acids is 1. The van der Waals surface area contributed by atoms with Crippen LogP contribution in [0.15, 0.2) is 58.4 Å². The fourth-order valence-corrected chi connectivity index (χ4v) is 4.05. The number of nitrogens with zero attached hydrogens (tertiary/aromatic N) is 2. The number of hydrogen-bond acceptors (Lipinski definition) is 5. The summed E-state index contributed by atoms with van der Waals surface area (Å²) < 4.78 is 31.2. The first kappa shape index (κ1) is 17.4. The summed E-state index contributed by atoms with van der Waals surface area (Å²) in [5.41, 5.74) is 0.813. The van der Waals surface area contributed by atoms with E-state index >= 15 is 0 Å². The summed E-state index contributed by atoms with van der Waals surface area (Å²) in [5, 5.41) is 0. The van der Waals surface area contributed by atoms with Crippen molar-refractivity contribution in [2.45, 2.75) is 4.90 Å². The van der Waals surface area contributed by atoms with E-state index in [0.717, 1.165) is 16.5 Å². The third-order valence-corrected chi connectivity index (χ3v) is 5.74. The van der Waals surface area contributed by atoms with E-state index in [1.165, 1.54) is 11.3 Å². The Bertz CT molecular complexity index is 1100. The van der Waals surface area contributed by atoms with Crippen LogP contribution >= 0.6 is 11.3 Å². The second-order valence-electron chi connectivity index (χ2n) is 5.45. The molecule has 1 heterocycles. The summed E-state index contributed by atoms with van der Waals surface area (Å²) in [6, 6.07) is 13.9. The van der Waals surface area contributed by atoms with Crippen LogP contribution < -0.4 is 9.54 Å². The van der Waals surface area contributed by atoms with Crippen LogP contribution in [0.25, 0.3) is 10.2 Å². The van der Waals surface area contributed by atoms with Gasteiger partial charge in [0.05, 0.1) is 15.1 Å². The predicted octanol–water partition coefficient (Wildman–Crippen LogP) is 2.15. The Morgan fingerprint density at radius 3 is 2.60 bits per heavy atom. The second-order valence-corrected chi connectivity index (χ2v) is 8.48. The van der Waals surface area contributed by atoms with Crippen molar-refractivity contribution in [1.29, 1.82) is 0 Å². The average Bonchev–Trinajstić information content (AvgIpc) is 2.88. The van der Waals surface area contributed by atoms with Gasteiger partial charge in [-0.25, -0.2) is 8.42 Å². The summed E-state index contributed by atoms with van der Waals surface area (Å²) in [6.45, 7) is -0.160. The molecule has 1 aromatic heterocycles. The number of fused-ring (bicyclic) bond motifs is 1. The van der Waals surface area contributed by atoms with Crippen LogP contribution in [0, 0.1) is 0 Å². The highest BCUT2D eigenvalue weighted by Crippen LogP contribution is 2.21. The number of ether oxygens (including phenoxy) is 1. The smallest absolute Gasteiger partial charge is 0.286 e. The average molecular weight is 376 g/mol. The van der Waals surface area contributed by atoms with Gasteiger partial charge in [-0.15, -0.1) is 0 Å². The lowest BCUT2D eigenvalue weighted by molar-refractivity contribution is -0.120. The molecule has 0 N–H and O–H groups in total. The number of amides is 1. The SMILES string of the molecule is Cn1c(=NC(=O)COc2ccccc2)sc2cc(S(C)(=O)=O)ccc21. The van der Waals surface area contributed by atoms with Crippen molar-refractivity contribution in [1.82, 2.24) is 4.57 Å². The molecule has 25 heavy (non-hydrogen) atoms. The van der Waals surface area contributed by atoms with Gasteiger partial charge in [0.25, 0.3) is 5.91 Å². The van der Waals surface area contributed by atoms with E-state index in [0.29, 0.717) is 10.6 Å². The van der Waals surface area contributed by atoms with Crippen molar-refractivity contribution in [2.24, 2.45) is 12.0 Å². The molecule has 0 radical (unpaired) electrons. The third kappa shape index (κ3) is 3.97. The number of hydrogen-bond donors (Lipinski definition) is 0. The van der Waals surface area contributed by atoms with Crippen molar-refractivity contribution < 1.29 is 17.9 Å². The first-order chi connectivity index (χ1) is 11.8. The summed E-state index contributed by atoms with van der Waals surface area (Å²) in [6.07, 6.45) is 1.16. The highest BCUT2D eigenvalue weighted by molar-refractivity contribution is 7.90. The molecule has 6 nitrogen and oxygen atoms in total. The molecule has 0 fully saturated rings. The van der Waals surface area contributed by atoms with E-state index in [2.05, 4.69) is 4.99 Å². The zero-order valence-electron chi connectivity index (χ0n) is 13.7. The predicted molar refractivity (Wildman–Crippen MR) is 96.4 cm³/mol. The molecule has 3 aromatic rings. The van der Waals surface area contributed by atoms with Gasteiger partial charge in [-0.05, 0) is 30.3 Å². The molecule has 0 aliphatic heterocycles. The highest BCUT2D eigenvalue weighted by Gasteiger charge is 2.11. The maximum atomic E-state index is 12.0. The minimum atomic E-state index is -3.28. The fraction of sp³-hybridized carbons (Fsp3) is 0.176. The maximum Gasteiger partial charge on any atom is 0.286 e. The number of thiazole rings is 1. The first-order valence-corrected chi connectivity index (χ1v) is 10.1. The van der Waals surface area contributed by atoms with E-state index in [4.69, 9.17) is 4.74 Å². The molecule has 0 saturated heterocycles. The molecule has 0 saturated carbocycles. The van der Waals surface area contributed by atoms with Crippen LogP contribution in [0.1, 0.15) is 0 Å². The molecule has 0 unspecified atom stereocenters. The van der Waals surface area contributed by atoms with Crippen LogP contribution in [0.2, 0.25) is 0 Å². The van der Waals surface area contributed by atoms with Crippen LogP contribution in [0.5, 0.6) is 5.75 Å². The molecular weight excluding hydrogens is 360 g/mol. The largest absolute Gasteiger partial charge is 0.484 e. The van der Waals surface area contributed by atoms with Crippen LogP contribution in [0.3, 0.4) is 0 Å². The Morgan fingerprint density at radius 2 is 1.92 bits per heavy atom. The molecule has 3 rings (SSSR count). The molecule has 0 aliphatic rings. The third-order valence-electron chi connectivity index (χ3n) is 3.53. The molecule has 0 aliphatic carbocycles. The number of aromatic nitrogens is 1. The van der Waals surface area contributed by atoms with Crippen molar-refractivity contribution in [3.05, 3.63) is 53.3 Å². The lowest BCUT2D eigenvalue weighted by atomic mass is 10.3. The Balaban J connectivity index is 1.88. The van der Waals surface area contributed by atoms with Crippen molar-refractivity contribution in [3.8, 4) is 5.75 Å². The van der Waals surface area contributed by atoms with Gasteiger partial charge in [0.15, 0.2) is 21.2 Å². The number of benzene rings is 2. The van der Waals surface area contributed by atoms with Gasteiger partial charge in [0, 0.05) is 13.3 Å². The Kier molecular flexibility index (Phi) is 4.73. The van der Waals surface area contributed by atoms with Gasteiger partial charge in [-0.3, -0.25) is 4.79 Å². The highest BCUT2D eigenvalue weighted by atomic mass is 32.2. The molecule has 8 heteroatoms. The summed E-state index contributed by atoms with van der Waals surface area (Å²) >= 11 is 1.26. The molecule has 0 bridgehead atoms. The molecular formula is C17H16N2O4S2. The van der Waals surface area contributed by atoms with Crippen LogP contribution in [-0.2, 0) is 21.7 Å². The van der Waals surface area contributed by atoms with E-state index < -0.39 is 15.7 Å². The number of aryl methyl sites for hydroxylation is 1. The normalized spacial score (nSPS) is 12.5. The van der Waals surface area contributed by atoms with Crippen LogP contribution in [-0.4, -0.2) is 31.8 Å². The van der Waals surface area contributed by atoms with Crippen LogP contribution in [0.4, 0.5) is 0 Å².